The van der Waals surface area contributed by atoms with E-state index in [0.29, 0.717) is 47.1 Å². The van der Waals surface area contributed by atoms with Crippen LogP contribution in [0.25, 0.3) is 0 Å². The maximum absolute atomic E-state index is 11.6. The minimum Gasteiger partial charge on any atom is -0.492 e. The number of ether oxygens (including phenoxy) is 1. The molecule has 1 aromatic heterocycles. The van der Waals surface area contributed by atoms with E-state index in [1.54, 1.807) is 12.1 Å². The fourth-order valence-electron chi connectivity index (χ4n) is 2.70. The number of para-hydroxylation sites is 1. The van der Waals surface area contributed by atoms with Gasteiger partial charge in [0.25, 0.3) is 5.22 Å². The average Bonchev–Trinajstić information content (AvgIpc) is 3.13. The zero-order valence-corrected chi connectivity index (χ0v) is 16.2. The molecule has 1 atom stereocenters. The van der Waals surface area contributed by atoms with Crippen molar-refractivity contribution in [1.29, 1.82) is 0 Å². The predicted molar refractivity (Wildman–Crippen MR) is 106 cm³/mol. The van der Waals surface area contributed by atoms with Gasteiger partial charge in [0.1, 0.15) is 5.75 Å². The third-order valence-corrected chi connectivity index (χ3v) is 4.91. The van der Waals surface area contributed by atoms with Crippen molar-refractivity contribution in [1.82, 2.24) is 10.2 Å². The summed E-state index contributed by atoms with van der Waals surface area (Å²) >= 11 is 1.45. The summed E-state index contributed by atoms with van der Waals surface area (Å²) in [4.78, 5) is 11.6. The Labute approximate surface area is 163 Å². The van der Waals surface area contributed by atoms with Gasteiger partial charge in [0.05, 0.1) is 12.2 Å². The monoisotopic (exact) mass is 382 g/mol. The van der Waals surface area contributed by atoms with Gasteiger partial charge < -0.3 is 9.15 Å². The van der Waals surface area contributed by atoms with Crippen LogP contribution in [-0.2, 0) is 6.42 Å². The Morgan fingerprint density at radius 1 is 1.11 bits per heavy atom. The van der Waals surface area contributed by atoms with Gasteiger partial charge in [0.15, 0.2) is 5.78 Å². The van der Waals surface area contributed by atoms with Crippen molar-refractivity contribution in [3.63, 3.8) is 0 Å². The van der Waals surface area contributed by atoms with Crippen molar-refractivity contribution in [3.8, 4) is 5.75 Å². The molecular formula is C21H22N2O3S. The lowest BCUT2D eigenvalue weighted by Crippen LogP contribution is -2.04. The van der Waals surface area contributed by atoms with E-state index in [2.05, 4.69) is 29.3 Å². The minimum absolute atomic E-state index is 0.00710. The Morgan fingerprint density at radius 3 is 2.63 bits per heavy atom. The van der Waals surface area contributed by atoms with Gasteiger partial charge in [0, 0.05) is 12.2 Å². The minimum atomic E-state index is -0.00710. The average molecular weight is 382 g/mol. The molecule has 0 aliphatic heterocycles. The lowest BCUT2D eigenvalue weighted by atomic mass is 9.98. The highest BCUT2D eigenvalue weighted by molar-refractivity contribution is 7.99. The summed E-state index contributed by atoms with van der Waals surface area (Å²) in [5, 5.41) is 8.76. The van der Waals surface area contributed by atoms with Gasteiger partial charge in [-0.15, -0.1) is 10.2 Å². The Hall–Kier alpha value is -2.60. The highest BCUT2D eigenvalue weighted by Gasteiger charge is 2.13. The largest absolute Gasteiger partial charge is 0.492 e. The smallest absolute Gasteiger partial charge is 0.276 e. The van der Waals surface area contributed by atoms with E-state index in [-0.39, 0.29) is 5.78 Å². The number of rotatable bonds is 9. The number of nitrogens with zero attached hydrogens (tertiary/aromatic N) is 2. The molecule has 0 aliphatic carbocycles. The Bertz CT molecular complexity index is 880. The maximum atomic E-state index is 11.6. The number of ketones is 1. The summed E-state index contributed by atoms with van der Waals surface area (Å²) in [6.07, 6.45) is 0.708. The fourth-order valence-corrected chi connectivity index (χ4v) is 3.30. The summed E-state index contributed by atoms with van der Waals surface area (Å²) in [5.41, 5.74) is 1.85. The van der Waals surface area contributed by atoms with Crippen LogP contribution in [-0.4, -0.2) is 28.3 Å². The quantitative estimate of drug-likeness (QED) is 0.301. The van der Waals surface area contributed by atoms with Crippen LogP contribution in [0.4, 0.5) is 0 Å². The Kier molecular flexibility index (Phi) is 6.65. The molecule has 0 saturated carbocycles. The van der Waals surface area contributed by atoms with Gasteiger partial charge in [0.2, 0.25) is 5.89 Å². The van der Waals surface area contributed by atoms with E-state index in [1.807, 2.05) is 30.3 Å². The molecule has 1 unspecified atom stereocenters. The summed E-state index contributed by atoms with van der Waals surface area (Å²) < 4.78 is 11.4. The zero-order valence-electron chi connectivity index (χ0n) is 15.4. The number of aromatic nitrogens is 2. The molecule has 0 saturated heterocycles. The van der Waals surface area contributed by atoms with E-state index in [4.69, 9.17) is 9.15 Å². The van der Waals surface area contributed by atoms with Crippen LogP contribution in [0.1, 0.15) is 41.6 Å². The van der Waals surface area contributed by atoms with E-state index in [9.17, 15) is 4.79 Å². The van der Waals surface area contributed by atoms with Gasteiger partial charge >= 0.3 is 0 Å². The van der Waals surface area contributed by atoms with Crippen LogP contribution >= 0.6 is 11.8 Å². The second kappa shape index (κ2) is 9.37. The number of benzene rings is 2. The number of hydrogen-bond donors (Lipinski definition) is 0. The highest BCUT2D eigenvalue weighted by Crippen LogP contribution is 2.23. The van der Waals surface area contributed by atoms with Crippen LogP contribution in [0.15, 0.2) is 64.2 Å². The molecule has 0 spiro atoms. The van der Waals surface area contributed by atoms with Crippen LogP contribution in [0.3, 0.4) is 0 Å². The van der Waals surface area contributed by atoms with Crippen molar-refractivity contribution >= 4 is 17.5 Å². The number of carbonyl (C=O) groups excluding carboxylic acids is 1. The molecule has 3 rings (SSSR count). The molecule has 2 aromatic carbocycles. The molecule has 0 bridgehead atoms. The number of thioether (sulfide) groups is 1. The van der Waals surface area contributed by atoms with Crippen LogP contribution in [0.2, 0.25) is 0 Å². The standard InChI is InChI=1S/C21H22N2O3S/c1-15(17-8-4-3-5-9-17)14-20-22-23-21(26-20)27-13-12-25-19-11-7-6-10-18(19)16(2)24/h3-11,15H,12-14H2,1-2H3. The van der Waals surface area contributed by atoms with Gasteiger partial charge in [-0.2, -0.15) is 0 Å². The molecule has 140 valence electrons. The van der Waals surface area contributed by atoms with E-state index >= 15 is 0 Å². The third kappa shape index (κ3) is 5.44. The Morgan fingerprint density at radius 2 is 1.85 bits per heavy atom. The van der Waals surface area contributed by atoms with Crippen molar-refractivity contribution in [2.75, 3.05) is 12.4 Å². The first kappa shape index (κ1) is 19.2. The molecule has 5 nitrogen and oxygen atoms in total. The van der Waals surface area contributed by atoms with Crippen LogP contribution in [0.5, 0.6) is 5.75 Å². The predicted octanol–water partition coefficient (Wildman–Crippen LogP) is 4.79. The lowest BCUT2D eigenvalue weighted by Gasteiger charge is -2.08. The molecule has 6 heteroatoms. The van der Waals surface area contributed by atoms with E-state index in [0.717, 1.165) is 0 Å². The second-order valence-electron chi connectivity index (χ2n) is 6.23. The first-order chi connectivity index (χ1) is 13.1. The summed E-state index contributed by atoms with van der Waals surface area (Å²) in [7, 11) is 0. The van der Waals surface area contributed by atoms with Crippen molar-refractivity contribution in [2.45, 2.75) is 31.4 Å². The SMILES string of the molecule is CC(=O)c1ccccc1OCCSc1nnc(CC(C)c2ccccc2)o1. The molecule has 0 radical (unpaired) electrons. The molecule has 0 N–H and O–H groups in total. The fraction of sp³-hybridized carbons (Fsp3) is 0.286. The zero-order chi connectivity index (χ0) is 19.1. The molecular weight excluding hydrogens is 360 g/mol. The van der Waals surface area contributed by atoms with Gasteiger partial charge in [-0.05, 0) is 30.5 Å². The van der Waals surface area contributed by atoms with E-state index in [1.165, 1.54) is 24.2 Å². The first-order valence-electron chi connectivity index (χ1n) is 8.86. The van der Waals surface area contributed by atoms with Gasteiger partial charge in [-0.1, -0.05) is 61.2 Å². The van der Waals surface area contributed by atoms with Crippen molar-refractivity contribution < 1.29 is 13.9 Å². The van der Waals surface area contributed by atoms with Crippen LogP contribution in [0, 0.1) is 0 Å². The maximum Gasteiger partial charge on any atom is 0.276 e. The summed E-state index contributed by atoms with van der Waals surface area (Å²) in [5.74, 6) is 2.20. The molecule has 1 heterocycles. The third-order valence-electron chi connectivity index (χ3n) is 4.13. The summed E-state index contributed by atoms with van der Waals surface area (Å²) in [6.45, 7) is 4.13. The summed E-state index contributed by atoms with van der Waals surface area (Å²) in [6, 6.07) is 17.5. The van der Waals surface area contributed by atoms with Crippen molar-refractivity contribution in [3.05, 3.63) is 71.6 Å². The number of carbonyl (C=O) groups is 1. The number of Topliss-reactive ketones (excluding diaryl/α,β-unsaturated/α-hetero) is 1. The molecule has 3 aromatic rings. The van der Waals surface area contributed by atoms with Crippen molar-refractivity contribution in [2.24, 2.45) is 0 Å². The highest BCUT2D eigenvalue weighted by atomic mass is 32.2. The molecule has 27 heavy (non-hydrogen) atoms. The van der Waals surface area contributed by atoms with Gasteiger partial charge in [-0.3, -0.25) is 4.79 Å². The molecule has 0 fully saturated rings. The van der Waals surface area contributed by atoms with Crippen LogP contribution < -0.4 is 4.74 Å². The second-order valence-corrected chi connectivity index (χ2v) is 7.27. The van der Waals surface area contributed by atoms with Gasteiger partial charge in [-0.25, -0.2) is 0 Å². The lowest BCUT2D eigenvalue weighted by molar-refractivity contribution is 0.101. The Balaban J connectivity index is 1.47. The topological polar surface area (TPSA) is 65.2 Å². The number of hydrogen-bond acceptors (Lipinski definition) is 6. The molecule has 0 aliphatic rings. The van der Waals surface area contributed by atoms with E-state index < -0.39 is 0 Å². The normalized spacial score (nSPS) is 11.9. The first-order valence-corrected chi connectivity index (χ1v) is 9.85. The molecule has 0 amide bonds.